The third kappa shape index (κ3) is 2.50. The first-order chi connectivity index (χ1) is 10.8. The predicted octanol–water partition coefficient (Wildman–Crippen LogP) is 3.73. The van der Waals surface area contributed by atoms with Gasteiger partial charge in [0, 0.05) is 23.9 Å². The van der Waals surface area contributed by atoms with E-state index in [9.17, 15) is 8.78 Å². The number of benzene rings is 1. The molecule has 0 atom stereocenters. The standard InChI is InChI=1S/C15H14F2IN5/c1-6(2)23-14-10(18)5-21-15(20)12(14)13(22-23)7-3-9(17)11(19)4-8(7)16/h3-6H,19H2,1-2H3,(H2,20,21). The van der Waals surface area contributed by atoms with E-state index >= 15 is 0 Å². The van der Waals surface area contributed by atoms with Crippen LogP contribution in [0, 0.1) is 15.2 Å². The molecule has 120 valence electrons. The summed E-state index contributed by atoms with van der Waals surface area (Å²) in [6.45, 7) is 3.89. The summed E-state index contributed by atoms with van der Waals surface area (Å²) in [7, 11) is 0. The lowest BCUT2D eigenvalue weighted by Gasteiger charge is -2.08. The van der Waals surface area contributed by atoms with E-state index < -0.39 is 11.6 Å². The van der Waals surface area contributed by atoms with Crippen molar-refractivity contribution in [3.8, 4) is 11.3 Å². The summed E-state index contributed by atoms with van der Waals surface area (Å²) in [4.78, 5) is 4.11. The number of rotatable bonds is 2. The molecule has 1 aromatic carbocycles. The highest BCUT2D eigenvalue weighted by molar-refractivity contribution is 14.1. The zero-order chi connectivity index (χ0) is 16.9. The summed E-state index contributed by atoms with van der Waals surface area (Å²) < 4.78 is 30.7. The number of anilines is 2. The molecule has 2 aromatic heterocycles. The second-order valence-electron chi connectivity index (χ2n) is 5.46. The zero-order valence-electron chi connectivity index (χ0n) is 12.4. The fourth-order valence-electron chi connectivity index (χ4n) is 2.46. The molecule has 5 nitrogen and oxygen atoms in total. The molecule has 8 heteroatoms. The minimum atomic E-state index is -0.703. The fourth-order valence-corrected chi connectivity index (χ4v) is 3.12. The van der Waals surface area contributed by atoms with Gasteiger partial charge in [0.25, 0.3) is 0 Å². The van der Waals surface area contributed by atoms with Gasteiger partial charge < -0.3 is 11.5 Å². The summed E-state index contributed by atoms with van der Waals surface area (Å²) in [5.41, 5.74) is 12.2. The average Bonchev–Trinajstić information content (AvgIpc) is 2.88. The van der Waals surface area contributed by atoms with Gasteiger partial charge in [0.1, 0.15) is 23.1 Å². The monoisotopic (exact) mass is 429 g/mol. The van der Waals surface area contributed by atoms with Crippen molar-refractivity contribution in [2.45, 2.75) is 19.9 Å². The van der Waals surface area contributed by atoms with Crippen molar-refractivity contribution in [3.05, 3.63) is 33.5 Å². The highest BCUT2D eigenvalue weighted by Gasteiger charge is 2.22. The van der Waals surface area contributed by atoms with Gasteiger partial charge in [-0.2, -0.15) is 5.10 Å². The Morgan fingerprint density at radius 2 is 1.87 bits per heavy atom. The first-order valence-corrected chi connectivity index (χ1v) is 7.96. The van der Waals surface area contributed by atoms with Gasteiger partial charge in [0.15, 0.2) is 0 Å². The Hall–Kier alpha value is -1.97. The van der Waals surface area contributed by atoms with E-state index in [0.717, 1.165) is 21.2 Å². The highest BCUT2D eigenvalue weighted by Crippen LogP contribution is 2.37. The number of pyridine rings is 1. The number of hydrogen-bond acceptors (Lipinski definition) is 4. The van der Waals surface area contributed by atoms with E-state index in [1.165, 1.54) is 0 Å². The molecule has 0 radical (unpaired) electrons. The number of nitrogens with two attached hydrogens (primary N) is 2. The average molecular weight is 429 g/mol. The topological polar surface area (TPSA) is 82.8 Å². The molecule has 0 saturated heterocycles. The smallest absolute Gasteiger partial charge is 0.146 e. The van der Waals surface area contributed by atoms with Gasteiger partial charge >= 0.3 is 0 Å². The van der Waals surface area contributed by atoms with Crippen LogP contribution in [0.4, 0.5) is 20.3 Å². The van der Waals surface area contributed by atoms with Crippen LogP contribution in [-0.2, 0) is 0 Å². The zero-order valence-corrected chi connectivity index (χ0v) is 14.6. The minimum Gasteiger partial charge on any atom is -0.396 e. The Bertz CT molecular complexity index is 920. The van der Waals surface area contributed by atoms with Crippen molar-refractivity contribution in [2.24, 2.45) is 0 Å². The highest BCUT2D eigenvalue weighted by atomic mass is 127. The number of fused-ring (bicyclic) bond motifs is 1. The van der Waals surface area contributed by atoms with Crippen LogP contribution in [0.3, 0.4) is 0 Å². The Morgan fingerprint density at radius 1 is 1.17 bits per heavy atom. The third-order valence-corrected chi connectivity index (χ3v) is 4.33. The summed E-state index contributed by atoms with van der Waals surface area (Å²) in [5.74, 6) is -1.14. The molecule has 3 rings (SSSR count). The van der Waals surface area contributed by atoms with Crippen LogP contribution >= 0.6 is 22.6 Å². The van der Waals surface area contributed by atoms with E-state index in [1.54, 1.807) is 10.9 Å². The largest absolute Gasteiger partial charge is 0.396 e. The van der Waals surface area contributed by atoms with Crippen LogP contribution in [-0.4, -0.2) is 14.8 Å². The maximum Gasteiger partial charge on any atom is 0.146 e. The number of nitrogen functional groups attached to an aromatic ring is 2. The van der Waals surface area contributed by atoms with Crippen LogP contribution < -0.4 is 11.5 Å². The van der Waals surface area contributed by atoms with E-state index in [1.807, 2.05) is 13.8 Å². The van der Waals surface area contributed by atoms with E-state index in [4.69, 9.17) is 11.5 Å². The lowest BCUT2D eigenvalue weighted by molar-refractivity contribution is 0.550. The first-order valence-electron chi connectivity index (χ1n) is 6.88. The molecule has 3 aromatic rings. The molecular formula is C15H14F2IN5. The molecule has 2 heterocycles. The van der Waals surface area contributed by atoms with Crippen molar-refractivity contribution < 1.29 is 8.78 Å². The fraction of sp³-hybridized carbons (Fsp3) is 0.200. The van der Waals surface area contributed by atoms with Gasteiger partial charge in [0.05, 0.1) is 20.2 Å². The summed E-state index contributed by atoms with van der Waals surface area (Å²) in [6, 6.07) is 2.00. The van der Waals surface area contributed by atoms with E-state index in [2.05, 4.69) is 32.7 Å². The predicted molar refractivity (Wildman–Crippen MR) is 94.8 cm³/mol. The normalized spacial score (nSPS) is 11.6. The van der Waals surface area contributed by atoms with Crippen molar-refractivity contribution in [1.82, 2.24) is 14.8 Å². The third-order valence-electron chi connectivity index (χ3n) is 3.54. The van der Waals surface area contributed by atoms with Gasteiger partial charge in [-0.3, -0.25) is 4.68 Å². The Kier molecular flexibility index (Phi) is 3.86. The molecule has 0 amide bonds. The molecule has 0 aliphatic heterocycles. The van der Waals surface area contributed by atoms with Crippen LogP contribution in [0.1, 0.15) is 19.9 Å². The SMILES string of the molecule is CC(C)n1nc(-c2cc(F)c(N)cc2F)c2c(N)ncc(I)c21. The van der Waals surface area contributed by atoms with E-state index in [-0.39, 0.29) is 28.8 Å². The number of nitrogens with zero attached hydrogens (tertiary/aromatic N) is 3. The van der Waals surface area contributed by atoms with Crippen LogP contribution in [0.5, 0.6) is 0 Å². The molecular weight excluding hydrogens is 415 g/mol. The Balaban J connectivity index is 2.44. The molecule has 0 bridgehead atoms. The van der Waals surface area contributed by atoms with Crippen molar-refractivity contribution in [3.63, 3.8) is 0 Å². The quantitative estimate of drug-likeness (QED) is 0.481. The summed E-state index contributed by atoms with van der Waals surface area (Å²) >= 11 is 2.12. The van der Waals surface area contributed by atoms with Gasteiger partial charge in [-0.25, -0.2) is 13.8 Å². The van der Waals surface area contributed by atoms with Gasteiger partial charge in [0.2, 0.25) is 0 Å². The van der Waals surface area contributed by atoms with Crippen LogP contribution in [0.2, 0.25) is 0 Å². The van der Waals surface area contributed by atoms with Crippen molar-refractivity contribution in [1.29, 1.82) is 0 Å². The van der Waals surface area contributed by atoms with Crippen LogP contribution in [0.25, 0.3) is 22.2 Å². The molecule has 0 fully saturated rings. The summed E-state index contributed by atoms with van der Waals surface area (Å²) in [5, 5.41) is 4.96. The lowest BCUT2D eigenvalue weighted by Crippen LogP contribution is -2.04. The number of aromatic nitrogens is 3. The van der Waals surface area contributed by atoms with Crippen LogP contribution in [0.15, 0.2) is 18.3 Å². The first kappa shape index (κ1) is 15.9. The molecule has 23 heavy (non-hydrogen) atoms. The number of halogens is 3. The maximum atomic E-state index is 14.3. The Morgan fingerprint density at radius 3 is 2.52 bits per heavy atom. The molecule has 0 aliphatic rings. The molecule has 0 saturated carbocycles. The van der Waals surface area contributed by atoms with E-state index in [0.29, 0.717) is 5.39 Å². The Labute approximate surface area is 144 Å². The van der Waals surface area contributed by atoms with Gasteiger partial charge in [-0.1, -0.05) is 0 Å². The number of hydrogen-bond donors (Lipinski definition) is 2. The second-order valence-corrected chi connectivity index (χ2v) is 6.62. The molecule has 4 N–H and O–H groups in total. The molecule has 0 aliphatic carbocycles. The maximum absolute atomic E-state index is 14.3. The molecule has 0 spiro atoms. The van der Waals surface area contributed by atoms with Gasteiger partial charge in [-0.05, 0) is 42.5 Å². The lowest BCUT2D eigenvalue weighted by atomic mass is 10.1. The van der Waals surface area contributed by atoms with Gasteiger partial charge in [-0.15, -0.1) is 0 Å². The minimum absolute atomic E-state index is 0.0107. The van der Waals surface area contributed by atoms with Crippen molar-refractivity contribution >= 4 is 45.0 Å². The molecule has 0 unspecified atom stereocenters. The summed E-state index contributed by atoms with van der Waals surface area (Å²) in [6.07, 6.45) is 1.63. The second kappa shape index (κ2) is 5.59. The van der Waals surface area contributed by atoms with Crippen molar-refractivity contribution in [2.75, 3.05) is 11.5 Å².